The van der Waals surface area contributed by atoms with Crippen molar-refractivity contribution in [3.63, 3.8) is 0 Å². The fraction of sp³-hybridized carbons (Fsp3) is 0.333. The number of hydrogen-bond acceptors (Lipinski definition) is 2. The Morgan fingerprint density at radius 2 is 2.15 bits per heavy atom. The molecule has 1 aliphatic rings. The maximum Gasteiger partial charge on any atom is 0.407 e. The van der Waals surface area contributed by atoms with Crippen LogP contribution in [0, 0.1) is 0 Å². The molecule has 3 rings (SSSR count). The molecule has 0 atom stereocenters. The molecular formula is C15H17N3O2. The molecule has 0 saturated carbocycles. The van der Waals surface area contributed by atoms with E-state index in [1.807, 2.05) is 18.3 Å². The molecule has 5 nitrogen and oxygen atoms in total. The summed E-state index contributed by atoms with van der Waals surface area (Å²) in [5.41, 5.74) is 3.58. The van der Waals surface area contributed by atoms with Crippen LogP contribution in [0.25, 0.3) is 0 Å². The molecule has 0 fully saturated rings. The van der Waals surface area contributed by atoms with Crippen LogP contribution in [0.2, 0.25) is 0 Å². The number of amides is 1. The first-order valence-electron chi connectivity index (χ1n) is 6.78. The van der Waals surface area contributed by atoms with Gasteiger partial charge >= 0.3 is 6.09 Å². The Hall–Kier alpha value is -2.30. The van der Waals surface area contributed by atoms with Gasteiger partial charge in [-0.25, -0.2) is 4.79 Å². The Morgan fingerprint density at radius 3 is 2.90 bits per heavy atom. The Labute approximate surface area is 117 Å². The number of rotatable bonds is 3. The molecule has 0 bridgehead atoms. The molecule has 0 spiro atoms. The van der Waals surface area contributed by atoms with Gasteiger partial charge in [0.1, 0.15) is 0 Å². The zero-order valence-electron chi connectivity index (χ0n) is 11.2. The van der Waals surface area contributed by atoms with Crippen molar-refractivity contribution in [2.75, 3.05) is 6.54 Å². The Kier molecular flexibility index (Phi) is 3.41. The Balaban J connectivity index is 1.69. The quantitative estimate of drug-likeness (QED) is 0.930. The smallest absolute Gasteiger partial charge is 0.407 e. The fourth-order valence-electron chi connectivity index (χ4n) is 2.68. The average molecular weight is 271 g/mol. The molecule has 0 radical (unpaired) electrons. The summed E-state index contributed by atoms with van der Waals surface area (Å²) in [4.78, 5) is 16.6. The normalized spacial score (nSPS) is 14.1. The van der Waals surface area contributed by atoms with Crippen LogP contribution in [-0.4, -0.2) is 32.2 Å². The second kappa shape index (κ2) is 5.36. The number of aromatic nitrogens is 2. The van der Waals surface area contributed by atoms with Crippen LogP contribution in [0.3, 0.4) is 0 Å². The lowest BCUT2D eigenvalue weighted by molar-refractivity contribution is 0.132. The number of hydrogen-bond donors (Lipinski definition) is 1. The standard InChI is InChI=1S/C15H17N3O2/c19-15(20)17-8-9-18-13(5-6-14(18)11-17)4-3-12-2-1-7-16-10-12/h1-2,5-7,10H,3-4,8-9,11H2,(H,19,20). The van der Waals surface area contributed by atoms with Crippen LogP contribution < -0.4 is 0 Å². The van der Waals surface area contributed by atoms with E-state index in [0.29, 0.717) is 13.1 Å². The molecule has 0 saturated heterocycles. The molecule has 3 heterocycles. The van der Waals surface area contributed by atoms with E-state index < -0.39 is 6.09 Å². The number of pyridine rings is 1. The van der Waals surface area contributed by atoms with Crippen molar-refractivity contribution in [1.29, 1.82) is 0 Å². The molecule has 0 aromatic carbocycles. The molecular weight excluding hydrogens is 254 g/mol. The zero-order valence-corrected chi connectivity index (χ0v) is 11.2. The molecule has 104 valence electrons. The Morgan fingerprint density at radius 1 is 1.25 bits per heavy atom. The number of fused-ring (bicyclic) bond motifs is 1. The predicted octanol–water partition coefficient (Wildman–Crippen LogP) is 2.16. The van der Waals surface area contributed by atoms with E-state index in [2.05, 4.69) is 21.7 Å². The zero-order chi connectivity index (χ0) is 13.9. The van der Waals surface area contributed by atoms with Gasteiger partial charge in [0, 0.05) is 36.9 Å². The van der Waals surface area contributed by atoms with Crippen LogP contribution in [-0.2, 0) is 25.9 Å². The predicted molar refractivity (Wildman–Crippen MR) is 74.5 cm³/mol. The summed E-state index contributed by atoms with van der Waals surface area (Å²) >= 11 is 0. The van der Waals surface area contributed by atoms with E-state index in [0.717, 1.165) is 25.1 Å². The van der Waals surface area contributed by atoms with E-state index in [1.54, 1.807) is 6.20 Å². The van der Waals surface area contributed by atoms with Crippen molar-refractivity contribution in [3.05, 3.63) is 53.6 Å². The minimum atomic E-state index is -0.839. The van der Waals surface area contributed by atoms with Crippen LogP contribution in [0.1, 0.15) is 17.0 Å². The highest BCUT2D eigenvalue weighted by atomic mass is 16.4. The molecule has 5 heteroatoms. The van der Waals surface area contributed by atoms with E-state index in [-0.39, 0.29) is 0 Å². The maximum absolute atomic E-state index is 11.0. The topological polar surface area (TPSA) is 58.4 Å². The second-order valence-electron chi connectivity index (χ2n) is 5.03. The van der Waals surface area contributed by atoms with Crippen molar-refractivity contribution in [3.8, 4) is 0 Å². The van der Waals surface area contributed by atoms with Gasteiger partial charge in [0.2, 0.25) is 0 Å². The molecule has 2 aromatic rings. The first kappa shape index (κ1) is 12.7. The van der Waals surface area contributed by atoms with Gasteiger partial charge in [0.05, 0.1) is 6.54 Å². The van der Waals surface area contributed by atoms with Crippen LogP contribution in [0.5, 0.6) is 0 Å². The monoisotopic (exact) mass is 271 g/mol. The average Bonchev–Trinajstić information content (AvgIpc) is 2.88. The molecule has 1 N–H and O–H groups in total. The number of aryl methyl sites for hydroxylation is 2. The number of carbonyl (C=O) groups is 1. The lowest BCUT2D eigenvalue weighted by Crippen LogP contribution is -2.37. The van der Waals surface area contributed by atoms with Crippen molar-refractivity contribution >= 4 is 6.09 Å². The number of carboxylic acid groups (broad SMARTS) is 1. The molecule has 1 amide bonds. The summed E-state index contributed by atoms with van der Waals surface area (Å²) in [6.07, 6.45) is 4.75. The summed E-state index contributed by atoms with van der Waals surface area (Å²) < 4.78 is 2.25. The third kappa shape index (κ3) is 2.52. The van der Waals surface area contributed by atoms with Gasteiger partial charge < -0.3 is 14.6 Å². The largest absolute Gasteiger partial charge is 0.465 e. The summed E-state index contributed by atoms with van der Waals surface area (Å²) in [6.45, 7) is 1.80. The van der Waals surface area contributed by atoms with E-state index in [9.17, 15) is 4.79 Å². The second-order valence-corrected chi connectivity index (χ2v) is 5.03. The summed E-state index contributed by atoms with van der Waals surface area (Å²) in [5, 5.41) is 9.03. The molecule has 0 unspecified atom stereocenters. The molecule has 1 aliphatic heterocycles. The minimum absolute atomic E-state index is 0.488. The van der Waals surface area contributed by atoms with Crippen molar-refractivity contribution < 1.29 is 9.90 Å². The lowest BCUT2D eigenvalue weighted by atomic mass is 10.1. The van der Waals surface area contributed by atoms with Gasteiger partial charge in [-0.2, -0.15) is 0 Å². The van der Waals surface area contributed by atoms with E-state index in [1.165, 1.54) is 16.2 Å². The highest BCUT2D eigenvalue weighted by molar-refractivity contribution is 5.65. The highest BCUT2D eigenvalue weighted by Crippen LogP contribution is 2.18. The summed E-state index contributed by atoms with van der Waals surface area (Å²) in [6, 6.07) is 8.18. The van der Waals surface area contributed by atoms with Crippen LogP contribution in [0.15, 0.2) is 36.7 Å². The lowest BCUT2D eigenvalue weighted by Gasteiger charge is -2.27. The van der Waals surface area contributed by atoms with Crippen molar-refractivity contribution in [1.82, 2.24) is 14.5 Å². The van der Waals surface area contributed by atoms with Gasteiger partial charge in [0.15, 0.2) is 0 Å². The van der Waals surface area contributed by atoms with Gasteiger partial charge in [-0.1, -0.05) is 6.07 Å². The summed E-state index contributed by atoms with van der Waals surface area (Å²) in [5.74, 6) is 0. The molecule has 2 aromatic heterocycles. The fourth-order valence-corrected chi connectivity index (χ4v) is 2.68. The van der Waals surface area contributed by atoms with Gasteiger partial charge in [-0.3, -0.25) is 4.98 Å². The van der Waals surface area contributed by atoms with Gasteiger partial charge in [-0.05, 0) is 36.6 Å². The Bertz CT molecular complexity index is 607. The van der Waals surface area contributed by atoms with Gasteiger partial charge in [0.25, 0.3) is 0 Å². The first-order valence-corrected chi connectivity index (χ1v) is 6.78. The van der Waals surface area contributed by atoms with E-state index in [4.69, 9.17) is 5.11 Å². The van der Waals surface area contributed by atoms with Crippen LogP contribution >= 0.6 is 0 Å². The molecule has 20 heavy (non-hydrogen) atoms. The third-order valence-electron chi connectivity index (χ3n) is 3.77. The third-order valence-corrected chi connectivity index (χ3v) is 3.77. The number of nitrogens with zero attached hydrogens (tertiary/aromatic N) is 3. The van der Waals surface area contributed by atoms with E-state index >= 15 is 0 Å². The maximum atomic E-state index is 11.0. The van der Waals surface area contributed by atoms with Crippen molar-refractivity contribution in [2.45, 2.75) is 25.9 Å². The minimum Gasteiger partial charge on any atom is -0.465 e. The summed E-state index contributed by atoms with van der Waals surface area (Å²) in [7, 11) is 0. The van der Waals surface area contributed by atoms with Gasteiger partial charge in [-0.15, -0.1) is 0 Å². The molecule has 0 aliphatic carbocycles. The first-order chi connectivity index (χ1) is 9.74. The highest BCUT2D eigenvalue weighted by Gasteiger charge is 2.21. The SMILES string of the molecule is O=C(O)N1CCn2c(CCc3cccnc3)ccc2C1. The van der Waals surface area contributed by atoms with Crippen LogP contribution in [0.4, 0.5) is 4.79 Å². The van der Waals surface area contributed by atoms with Crippen molar-refractivity contribution in [2.24, 2.45) is 0 Å².